The number of carbonyl (C=O) groups excluding carboxylic acids is 2. The number of carbonyl (C=O) groups is 2. The first-order valence-electron chi connectivity index (χ1n) is 9.52. The van der Waals surface area contributed by atoms with Gasteiger partial charge in [0.1, 0.15) is 5.76 Å². The molecule has 1 N–H and O–H groups in total. The smallest absolute Gasteiger partial charge is 0.245 e. The monoisotopic (exact) mass is 436 g/mol. The third kappa shape index (κ3) is 5.70. The Balaban J connectivity index is 0.00000320. The number of nitrogens with zero attached hydrogens (tertiary/aromatic N) is 3. The molecule has 0 aromatic carbocycles. The average Bonchev–Trinajstić information content (AvgIpc) is 3.35. The van der Waals surface area contributed by atoms with Crippen LogP contribution in [0.1, 0.15) is 46.7 Å². The SMILES string of the molecule is C=CC(=O)N1CCC(C(=O)Nc2ncc(SCc3ncc(C(C)(C)C)o3)s2)CC1.[HH]. The molecule has 2 aromatic rings. The van der Waals surface area contributed by atoms with Gasteiger partial charge in [-0.2, -0.15) is 0 Å². The lowest BCUT2D eigenvalue weighted by atomic mass is 9.94. The lowest BCUT2D eigenvalue weighted by molar-refractivity contribution is -0.130. The molecule has 3 rings (SSSR count). The van der Waals surface area contributed by atoms with Crippen molar-refractivity contribution in [3.63, 3.8) is 0 Å². The van der Waals surface area contributed by atoms with Crippen LogP contribution < -0.4 is 5.32 Å². The normalized spacial score (nSPS) is 15.3. The number of likely N-dealkylation sites (tertiary alicyclic amines) is 1. The van der Waals surface area contributed by atoms with Gasteiger partial charge in [0.15, 0.2) is 5.13 Å². The molecular formula is C20H28N4O3S2. The fraction of sp³-hybridized carbons (Fsp3) is 0.500. The first-order valence-corrected chi connectivity index (χ1v) is 11.3. The molecule has 9 heteroatoms. The summed E-state index contributed by atoms with van der Waals surface area (Å²) in [5.74, 6) is 1.94. The number of thiazole rings is 1. The van der Waals surface area contributed by atoms with Crippen molar-refractivity contribution in [2.24, 2.45) is 5.92 Å². The van der Waals surface area contributed by atoms with Crippen LogP contribution in [-0.2, 0) is 20.8 Å². The van der Waals surface area contributed by atoms with E-state index >= 15 is 0 Å². The highest BCUT2D eigenvalue weighted by molar-refractivity contribution is 8.00. The number of nitrogens with one attached hydrogen (secondary N) is 1. The first-order chi connectivity index (χ1) is 13.8. The van der Waals surface area contributed by atoms with Gasteiger partial charge in [0.05, 0.1) is 22.4 Å². The molecule has 0 saturated carbocycles. The summed E-state index contributed by atoms with van der Waals surface area (Å²) in [7, 11) is 0. The first kappa shape index (κ1) is 21.6. The van der Waals surface area contributed by atoms with E-state index in [1.54, 1.807) is 29.1 Å². The minimum atomic E-state index is -0.105. The summed E-state index contributed by atoms with van der Waals surface area (Å²) in [6.07, 6.45) is 6.15. The maximum atomic E-state index is 12.5. The number of rotatable bonds is 6. The molecule has 1 aliphatic rings. The lowest BCUT2D eigenvalue weighted by Crippen LogP contribution is -2.40. The van der Waals surface area contributed by atoms with Crippen molar-refractivity contribution in [3.8, 4) is 0 Å². The molecule has 3 heterocycles. The summed E-state index contributed by atoms with van der Waals surface area (Å²) in [5.41, 5.74) is -0.0625. The van der Waals surface area contributed by atoms with Crippen LogP contribution in [0.4, 0.5) is 5.13 Å². The predicted octanol–water partition coefficient (Wildman–Crippen LogP) is 4.33. The van der Waals surface area contributed by atoms with E-state index in [1.165, 1.54) is 17.4 Å². The van der Waals surface area contributed by atoms with Gasteiger partial charge < -0.3 is 14.6 Å². The fourth-order valence-corrected chi connectivity index (χ4v) is 4.67. The number of aromatic nitrogens is 2. The van der Waals surface area contributed by atoms with Gasteiger partial charge in [0, 0.05) is 25.8 Å². The second-order valence-corrected chi connectivity index (χ2v) is 10.2. The maximum absolute atomic E-state index is 12.5. The second-order valence-electron chi connectivity index (χ2n) is 7.93. The second kappa shape index (κ2) is 9.13. The van der Waals surface area contributed by atoms with Crippen LogP contribution in [0.5, 0.6) is 0 Å². The highest BCUT2D eigenvalue weighted by atomic mass is 32.2. The van der Waals surface area contributed by atoms with Crippen LogP contribution in [0.15, 0.2) is 33.7 Å². The van der Waals surface area contributed by atoms with Crippen molar-refractivity contribution in [1.29, 1.82) is 0 Å². The van der Waals surface area contributed by atoms with Crippen molar-refractivity contribution in [3.05, 3.63) is 36.7 Å². The Labute approximate surface area is 180 Å². The third-order valence-electron chi connectivity index (χ3n) is 4.70. The topological polar surface area (TPSA) is 88.3 Å². The molecule has 7 nitrogen and oxygen atoms in total. The highest BCUT2D eigenvalue weighted by Crippen LogP contribution is 2.32. The van der Waals surface area contributed by atoms with Crippen LogP contribution in [0, 0.1) is 5.92 Å². The van der Waals surface area contributed by atoms with Gasteiger partial charge in [-0.05, 0) is 18.9 Å². The minimum absolute atomic E-state index is 0. The van der Waals surface area contributed by atoms with E-state index in [0.717, 1.165) is 9.97 Å². The molecule has 0 bridgehead atoms. The van der Waals surface area contributed by atoms with E-state index in [9.17, 15) is 9.59 Å². The van der Waals surface area contributed by atoms with Crippen LogP contribution in [0.25, 0.3) is 0 Å². The number of thioether (sulfide) groups is 1. The van der Waals surface area contributed by atoms with Gasteiger partial charge in [-0.1, -0.05) is 38.7 Å². The molecule has 1 aliphatic heterocycles. The maximum Gasteiger partial charge on any atom is 0.245 e. The quantitative estimate of drug-likeness (QED) is 0.536. The molecule has 2 amide bonds. The Kier molecular flexibility index (Phi) is 6.79. The molecule has 158 valence electrons. The molecule has 29 heavy (non-hydrogen) atoms. The number of hydrogen-bond acceptors (Lipinski definition) is 7. The van der Waals surface area contributed by atoms with Crippen molar-refractivity contribution < 1.29 is 15.4 Å². The number of oxazole rings is 1. The summed E-state index contributed by atoms with van der Waals surface area (Å²) in [5, 5.41) is 3.49. The van der Waals surface area contributed by atoms with Crippen LogP contribution in [0.3, 0.4) is 0 Å². The van der Waals surface area contributed by atoms with Gasteiger partial charge in [-0.3, -0.25) is 9.59 Å². The van der Waals surface area contributed by atoms with E-state index in [2.05, 4.69) is 42.6 Å². The molecule has 1 saturated heterocycles. The van der Waals surface area contributed by atoms with Crippen LogP contribution in [-0.4, -0.2) is 39.8 Å². The highest BCUT2D eigenvalue weighted by Gasteiger charge is 2.27. The lowest BCUT2D eigenvalue weighted by Gasteiger charge is -2.30. The molecule has 0 radical (unpaired) electrons. The van der Waals surface area contributed by atoms with Crippen molar-refractivity contribution >= 4 is 40.0 Å². The largest absolute Gasteiger partial charge is 0.444 e. The Morgan fingerprint density at radius 3 is 2.72 bits per heavy atom. The van der Waals surface area contributed by atoms with E-state index in [-0.39, 0.29) is 24.6 Å². The van der Waals surface area contributed by atoms with Crippen molar-refractivity contribution in [2.75, 3.05) is 18.4 Å². The van der Waals surface area contributed by atoms with E-state index in [1.807, 2.05) is 0 Å². The Morgan fingerprint density at radius 1 is 1.38 bits per heavy atom. The number of hydrogen-bond donors (Lipinski definition) is 1. The minimum Gasteiger partial charge on any atom is -0.444 e. The van der Waals surface area contributed by atoms with Gasteiger partial charge in [-0.15, -0.1) is 11.8 Å². The predicted molar refractivity (Wildman–Crippen MR) is 117 cm³/mol. The zero-order valence-electron chi connectivity index (χ0n) is 16.9. The Hall–Kier alpha value is -2.13. The standard InChI is InChI=1S/C20H26N4O3S2.H2/c1-5-16(25)24-8-6-13(7-9-24)18(26)23-19-22-11-17(29-19)28-12-15-21-10-14(27-15)20(2,3)4;/h5,10-11,13H,1,6-9,12H2,2-4H3,(H,22,23,26);1H. The number of amides is 2. The van der Waals surface area contributed by atoms with Crippen LogP contribution >= 0.6 is 23.1 Å². The van der Waals surface area contributed by atoms with E-state index in [0.29, 0.717) is 42.7 Å². The Morgan fingerprint density at radius 2 is 2.10 bits per heavy atom. The molecular weight excluding hydrogens is 408 g/mol. The van der Waals surface area contributed by atoms with E-state index < -0.39 is 0 Å². The number of anilines is 1. The molecule has 0 aliphatic carbocycles. The summed E-state index contributed by atoms with van der Waals surface area (Å²) < 4.78 is 6.79. The zero-order chi connectivity index (χ0) is 21.0. The van der Waals surface area contributed by atoms with E-state index in [4.69, 9.17) is 4.42 Å². The van der Waals surface area contributed by atoms with Crippen LogP contribution in [0.2, 0.25) is 0 Å². The Bertz CT molecular complexity index is 883. The summed E-state index contributed by atoms with van der Waals surface area (Å²) in [4.78, 5) is 34.5. The van der Waals surface area contributed by atoms with Gasteiger partial charge >= 0.3 is 0 Å². The molecule has 1 fully saturated rings. The summed E-state index contributed by atoms with van der Waals surface area (Å²) >= 11 is 3.02. The summed E-state index contributed by atoms with van der Waals surface area (Å²) in [6, 6.07) is 0. The molecule has 0 unspecified atom stereocenters. The third-order valence-corrected chi connectivity index (χ3v) is 6.79. The van der Waals surface area contributed by atoms with Gasteiger partial charge in [-0.25, -0.2) is 9.97 Å². The fourth-order valence-electron chi connectivity index (χ4n) is 2.94. The van der Waals surface area contributed by atoms with Crippen molar-refractivity contribution in [2.45, 2.75) is 49.0 Å². The van der Waals surface area contributed by atoms with Crippen molar-refractivity contribution in [1.82, 2.24) is 14.9 Å². The molecule has 0 atom stereocenters. The molecule has 0 spiro atoms. The van der Waals surface area contributed by atoms with Gasteiger partial charge in [0.25, 0.3) is 0 Å². The molecule has 2 aromatic heterocycles. The van der Waals surface area contributed by atoms with Gasteiger partial charge in [0.2, 0.25) is 17.7 Å². The zero-order valence-corrected chi connectivity index (χ0v) is 18.6. The average molecular weight is 437 g/mol. The summed E-state index contributed by atoms with van der Waals surface area (Å²) in [6.45, 7) is 10.9. The number of piperidine rings is 1.